The Morgan fingerprint density at radius 1 is 1.67 bits per heavy atom. The van der Waals surface area contributed by atoms with Gasteiger partial charge in [0.25, 0.3) is 0 Å². The van der Waals surface area contributed by atoms with Crippen molar-refractivity contribution < 1.29 is 20.1 Å². The van der Waals surface area contributed by atoms with Crippen LogP contribution in [-0.2, 0) is 9.53 Å². The molecule has 0 aromatic rings. The molecule has 0 rings (SSSR count). The molecule has 0 aliphatic heterocycles. The predicted molar refractivity (Wildman–Crippen MR) is 34.1 cm³/mol. The van der Waals surface area contributed by atoms with E-state index < -0.39 is 0 Å². The van der Waals surface area contributed by atoms with E-state index >= 15 is 0 Å². The number of aliphatic hydroxyl groups is 1. The third kappa shape index (κ3) is 111. The molecule has 4 heteroatoms. The Hall–Kier alpha value is -0.610. The molecule has 0 heterocycles. The summed E-state index contributed by atoms with van der Waals surface area (Å²) in [6.45, 7) is 3.29. The Morgan fingerprint density at radius 3 is 1.78 bits per heavy atom. The zero-order valence-electron chi connectivity index (χ0n) is 5.97. The quantitative estimate of drug-likeness (QED) is 0.452. The maximum absolute atomic E-state index is 9.59. The standard InChI is InChI=1S/C3H6O2.C2H6O.H2O/c1-3(4)5-2;1-2-3;/h1-2H3;3H,2H2,1H3;1H2. The zero-order valence-corrected chi connectivity index (χ0v) is 5.97. The molecule has 0 atom stereocenters. The molecule has 0 amide bonds. The maximum atomic E-state index is 9.59. The topological polar surface area (TPSA) is 78.0 Å². The third-order valence-corrected chi connectivity index (χ3v) is 0.287. The Kier molecular flexibility index (Phi) is 27.4. The summed E-state index contributed by atoms with van der Waals surface area (Å²) >= 11 is 0. The molecule has 0 saturated carbocycles. The molecule has 0 fully saturated rings. The lowest BCUT2D eigenvalue weighted by atomic mass is 10.8. The second kappa shape index (κ2) is 15.7. The largest absolute Gasteiger partial charge is 0.469 e. The lowest BCUT2D eigenvalue weighted by molar-refractivity contribution is -0.137. The third-order valence-electron chi connectivity index (χ3n) is 0.287. The van der Waals surface area contributed by atoms with Crippen LogP contribution in [0.2, 0.25) is 0 Å². The smallest absolute Gasteiger partial charge is 0.302 e. The molecule has 0 saturated heterocycles. The van der Waals surface area contributed by atoms with Crippen molar-refractivity contribution >= 4 is 5.97 Å². The fraction of sp³-hybridized carbons (Fsp3) is 0.800. The van der Waals surface area contributed by atoms with Gasteiger partial charge >= 0.3 is 5.97 Å². The highest BCUT2D eigenvalue weighted by atomic mass is 16.5. The van der Waals surface area contributed by atoms with Gasteiger partial charge in [0.1, 0.15) is 0 Å². The van der Waals surface area contributed by atoms with Gasteiger partial charge in [-0.2, -0.15) is 0 Å². The molecule has 0 spiro atoms. The van der Waals surface area contributed by atoms with E-state index in [1.807, 2.05) is 0 Å². The van der Waals surface area contributed by atoms with E-state index in [9.17, 15) is 4.79 Å². The van der Waals surface area contributed by atoms with Crippen LogP contribution >= 0.6 is 0 Å². The minimum atomic E-state index is -0.245. The molecule has 0 aliphatic carbocycles. The minimum Gasteiger partial charge on any atom is -0.469 e. The fourth-order valence-corrected chi connectivity index (χ4v) is 0. The summed E-state index contributed by atoms with van der Waals surface area (Å²) in [6, 6.07) is 0. The van der Waals surface area contributed by atoms with E-state index in [1.54, 1.807) is 6.92 Å². The van der Waals surface area contributed by atoms with Crippen molar-refractivity contribution in [3.05, 3.63) is 0 Å². The van der Waals surface area contributed by atoms with E-state index in [4.69, 9.17) is 5.11 Å². The number of aliphatic hydroxyl groups excluding tert-OH is 1. The summed E-state index contributed by atoms with van der Waals surface area (Å²) in [6.07, 6.45) is 0. The van der Waals surface area contributed by atoms with Crippen molar-refractivity contribution in [2.45, 2.75) is 13.8 Å². The highest BCUT2D eigenvalue weighted by Gasteiger charge is 1.75. The molecule has 0 aliphatic rings. The van der Waals surface area contributed by atoms with Gasteiger partial charge < -0.3 is 15.3 Å². The van der Waals surface area contributed by atoms with Gasteiger partial charge in [0.15, 0.2) is 0 Å². The highest BCUT2D eigenvalue weighted by molar-refractivity contribution is 5.65. The van der Waals surface area contributed by atoms with Crippen LogP contribution in [0.1, 0.15) is 13.8 Å². The Bertz CT molecular complexity index is 52.9. The van der Waals surface area contributed by atoms with Crippen LogP contribution in [-0.4, -0.2) is 30.3 Å². The predicted octanol–water partition coefficient (Wildman–Crippen LogP) is -0.647. The first-order valence-electron chi connectivity index (χ1n) is 2.34. The summed E-state index contributed by atoms with van der Waals surface area (Å²) < 4.78 is 4.11. The van der Waals surface area contributed by atoms with Crippen LogP contribution in [0.15, 0.2) is 0 Å². The number of rotatable bonds is 0. The molecule has 0 aromatic heterocycles. The van der Waals surface area contributed by atoms with E-state index in [2.05, 4.69) is 4.74 Å². The molecule has 0 radical (unpaired) electrons. The van der Waals surface area contributed by atoms with Crippen LogP contribution in [0.4, 0.5) is 0 Å². The number of hydrogen-bond acceptors (Lipinski definition) is 3. The van der Waals surface area contributed by atoms with Gasteiger partial charge in [0.2, 0.25) is 0 Å². The summed E-state index contributed by atoms with van der Waals surface area (Å²) in [5.41, 5.74) is 0. The second-order valence-corrected chi connectivity index (χ2v) is 1.01. The molecule has 4 nitrogen and oxygen atoms in total. The van der Waals surface area contributed by atoms with Crippen LogP contribution in [0, 0.1) is 0 Å². The van der Waals surface area contributed by atoms with Crippen molar-refractivity contribution in [2.75, 3.05) is 13.7 Å². The van der Waals surface area contributed by atoms with Crippen LogP contribution in [0.5, 0.6) is 0 Å². The first-order valence-corrected chi connectivity index (χ1v) is 2.34. The van der Waals surface area contributed by atoms with Crippen molar-refractivity contribution in [3.8, 4) is 0 Å². The average molecular weight is 138 g/mol. The lowest BCUT2D eigenvalue weighted by Crippen LogP contribution is -1.88. The zero-order chi connectivity index (χ0) is 6.99. The monoisotopic (exact) mass is 138 g/mol. The summed E-state index contributed by atoms with van der Waals surface area (Å²) in [5, 5.41) is 7.57. The summed E-state index contributed by atoms with van der Waals surface area (Å²) in [5.74, 6) is -0.245. The first-order chi connectivity index (χ1) is 3.68. The van der Waals surface area contributed by atoms with E-state index in [0.29, 0.717) is 0 Å². The number of carbonyl (C=O) groups is 1. The lowest BCUT2D eigenvalue weighted by Gasteiger charge is -1.80. The summed E-state index contributed by atoms with van der Waals surface area (Å²) in [4.78, 5) is 9.59. The molecule has 58 valence electrons. The Morgan fingerprint density at radius 2 is 1.78 bits per heavy atom. The average Bonchev–Trinajstić information content (AvgIpc) is 1.69. The second-order valence-electron chi connectivity index (χ2n) is 1.01. The van der Waals surface area contributed by atoms with Gasteiger partial charge in [-0.15, -0.1) is 0 Å². The van der Waals surface area contributed by atoms with E-state index in [-0.39, 0.29) is 18.1 Å². The number of ether oxygens (including phenoxy) is 1. The van der Waals surface area contributed by atoms with Crippen LogP contribution < -0.4 is 0 Å². The molecule has 0 unspecified atom stereocenters. The highest BCUT2D eigenvalue weighted by Crippen LogP contribution is 1.60. The van der Waals surface area contributed by atoms with Gasteiger partial charge in [-0.3, -0.25) is 4.79 Å². The SMILES string of the molecule is CCO.COC(C)=O.O. The fourth-order valence-electron chi connectivity index (χ4n) is 0. The molecular formula is C5H14O4. The van der Waals surface area contributed by atoms with Gasteiger partial charge in [-0.25, -0.2) is 0 Å². The van der Waals surface area contributed by atoms with Gasteiger partial charge in [-0.05, 0) is 6.92 Å². The van der Waals surface area contributed by atoms with Crippen molar-refractivity contribution in [1.29, 1.82) is 0 Å². The first kappa shape index (κ1) is 15.8. The Balaban J connectivity index is -0.0000000800. The number of esters is 1. The van der Waals surface area contributed by atoms with Crippen molar-refractivity contribution in [1.82, 2.24) is 0 Å². The number of hydrogen-bond donors (Lipinski definition) is 1. The van der Waals surface area contributed by atoms with Crippen LogP contribution in [0.3, 0.4) is 0 Å². The summed E-state index contributed by atoms with van der Waals surface area (Å²) in [7, 11) is 1.35. The molecule has 3 N–H and O–H groups in total. The van der Waals surface area contributed by atoms with E-state index in [0.717, 1.165) is 0 Å². The molecular weight excluding hydrogens is 124 g/mol. The van der Waals surface area contributed by atoms with Gasteiger partial charge in [0.05, 0.1) is 7.11 Å². The number of methoxy groups -OCH3 is 1. The Labute approximate surface area is 54.8 Å². The minimum absolute atomic E-state index is 0. The van der Waals surface area contributed by atoms with Crippen molar-refractivity contribution in [3.63, 3.8) is 0 Å². The molecule has 0 bridgehead atoms. The normalized spacial score (nSPS) is 5.78. The van der Waals surface area contributed by atoms with Crippen LogP contribution in [0.25, 0.3) is 0 Å². The molecule has 9 heavy (non-hydrogen) atoms. The maximum Gasteiger partial charge on any atom is 0.302 e. The molecule has 0 aromatic carbocycles. The number of carbonyl (C=O) groups excluding carboxylic acids is 1. The van der Waals surface area contributed by atoms with E-state index in [1.165, 1.54) is 14.0 Å². The van der Waals surface area contributed by atoms with Crippen molar-refractivity contribution in [2.24, 2.45) is 0 Å². The van der Waals surface area contributed by atoms with Gasteiger partial charge in [-0.1, -0.05) is 0 Å². The van der Waals surface area contributed by atoms with Gasteiger partial charge in [0, 0.05) is 13.5 Å².